The highest BCUT2D eigenvalue weighted by molar-refractivity contribution is 5.90. The highest BCUT2D eigenvalue weighted by Gasteiger charge is 2.00. The minimum atomic E-state index is -0.664. The summed E-state index contributed by atoms with van der Waals surface area (Å²) in [6.45, 7) is 1.68. The Balaban J connectivity index is 4.45. The van der Waals surface area contributed by atoms with Crippen LogP contribution < -0.4 is 5.73 Å². The van der Waals surface area contributed by atoms with Gasteiger partial charge in [0, 0.05) is 6.08 Å². The van der Waals surface area contributed by atoms with Gasteiger partial charge in [-0.2, -0.15) is 0 Å². The summed E-state index contributed by atoms with van der Waals surface area (Å²) in [5.41, 5.74) is 4.95. The maximum atomic E-state index is 10.6. The third-order valence-electron chi connectivity index (χ3n) is 1.05. The number of nitrogens with two attached hydrogens (primary N) is 1. The molecule has 70 valence electrons. The van der Waals surface area contributed by atoms with Crippen molar-refractivity contribution < 1.29 is 9.53 Å². The number of rotatable bonds is 2. The molecular formula is C11H9NO2. The van der Waals surface area contributed by atoms with Crippen LogP contribution in [0, 0.1) is 35.5 Å². The van der Waals surface area contributed by atoms with Gasteiger partial charge < -0.3 is 10.5 Å². The van der Waals surface area contributed by atoms with Crippen molar-refractivity contribution >= 4 is 5.91 Å². The maximum Gasteiger partial charge on any atom is 0.284 e. The number of hydrogen-bond acceptors (Lipinski definition) is 2. The van der Waals surface area contributed by atoms with E-state index in [2.05, 4.69) is 40.3 Å². The van der Waals surface area contributed by atoms with E-state index in [-0.39, 0.29) is 5.76 Å². The molecule has 14 heavy (non-hydrogen) atoms. The number of carbonyl (C=O) groups is 1. The van der Waals surface area contributed by atoms with E-state index in [9.17, 15) is 4.79 Å². The quantitative estimate of drug-likeness (QED) is 0.377. The molecule has 0 spiro atoms. The molecule has 0 aromatic rings. The molecule has 2 N–H and O–H groups in total. The van der Waals surface area contributed by atoms with Gasteiger partial charge in [0.25, 0.3) is 5.91 Å². The number of primary amides is 1. The predicted octanol–water partition coefficient (Wildman–Crippen LogP) is 0.0321. The molecule has 0 atom stereocenters. The number of methoxy groups -OCH3 is 1. The lowest BCUT2D eigenvalue weighted by atomic mass is 10.4. The lowest BCUT2D eigenvalue weighted by Gasteiger charge is -1.95. The average Bonchev–Trinajstić information content (AvgIpc) is 2.16. The van der Waals surface area contributed by atoms with Crippen LogP contribution in [0.15, 0.2) is 11.8 Å². The second-order valence-electron chi connectivity index (χ2n) is 1.97. The molecule has 0 radical (unpaired) electrons. The summed E-state index contributed by atoms with van der Waals surface area (Å²) < 4.78 is 4.65. The maximum absolute atomic E-state index is 10.6. The highest BCUT2D eigenvalue weighted by Crippen LogP contribution is 1.90. The molecule has 0 aliphatic rings. The second-order valence-corrected chi connectivity index (χ2v) is 1.97. The van der Waals surface area contributed by atoms with Gasteiger partial charge in [0.15, 0.2) is 5.76 Å². The molecule has 0 fully saturated rings. The molecule has 0 rings (SSSR count). The Hall–Kier alpha value is -2.31. The average molecular weight is 187 g/mol. The molecule has 0 aromatic carbocycles. The van der Waals surface area contributed by atoms with Crippen LogP contribution in [-0.4, -0.2) is 13.0 Å². The van der Waals surface area contributed by atoms with Gasteiger partial charge in [0.1, 0.15) is 0 Å². The second kappa shape index (κ2) is 7.35. The molecule has 0 bridgehead atoms. The Labute approximate surface area is 83.3 Å². The molecule has 0 saturated heterocycles. The number of allylic oxidation sites excluding steroid dienone is 1. The molecule has 3 heteroatoms. The predicted molar refractivity (Wildman–Crippen MR) is 53.3 cm³/mol. The summed E-state index contributed by atoms with van der Waals surface area (Å²) in [4.78, 5) is 10.6. The van der Waals surface area contributed by atoms with Crippen LogP contribution in [0.3, 0.4) is 0 Å². The first-order valence-corrected chi connectivity index (χ1v) is 3.68. The Morgan fingerprint density at radius 2 is 1.93 bits per heavy atom. The standard InChI is InChI=1S/C11H9NO2/c1-3-4-5-6-7-8-9-10(14-2)11(12)13/h9H,1-2H3,(H2,12,13)/b10-9+. The molecule has 0 heterocycles. The van der Waals surface area contributed by atoms with Crippen molar-refractivity contribution in [1.82, 2.24) is 0 Å². The van der Waals surface area contributed by atoms with Gasteiger partial charge in [-0.25, -0.2) is 0 Å². The number of ether oxygens (including phenoxy) is 1. The van der Waals surface area contributed by atoms with Crippen molar-refractivity contribution in [1.29, 1.82) is 0 Å². The zero-order chi connectivity index (χ0) is 10.8. The minimum Gasteiger partial charge on any atom is -0.491 e. The first kappa shape index (κ1) is 11.7. The molecule has 1 amide bonds. The van der Waals surface area contributed by atoms with E-state index in [0.29, 0.717) is 0 Å². The van der Waals surface area contributed by atoms with Gasteiger partial charge >= 0.3 is 0 Å². The summed E-state index contributed by atoms with van der Waals surface area (Å²) in [5.74, 6) is 14.4. The van der Waals surface area contributed by atoms with Crippen LogP contribution in [0.2, 0.25) is 0 Å². The number of carbonyl (C=O) groups excluding carboxylic acids is 1. The van der Waals surface area contributed by atoms with Gasteiger partial charge in [0.05, 0.1) is 7.11 Å². The van der Waals surface area contributed by atoms with E-state index in [1.165, 1.54) is 13.2 Å². The zero-order valence-corrected chi connectivity index (χ0v) is 7.97. The van der Waals surface area contributed by atoms with Gasteiger partial charge in [0.2, 0.25) is 0 Å². The first-order valence-electron chi connectivity index (χ1n) is 3.68. The topological polar surface area (TPSA) is 52.3 Å². The molecule has 0 aromatic heterocycles. The van der Waals surface area contributed by atoms with Crippen LogP contribution in [0.5, 0.6) is 0 Å². The summed E-state index contributed by atoms with van der Waals surface area (Å²) >= 11 is 0. The third kappa shape index (κ3) is 5.35. The summed E-state index contributed by atoms with van der Waals surface area (Å²) in [6.07, 6.45) is 1.26. The van der Waals surface area contributed by atoms with Crippen LogP contribution in [0.25, 0.3) is 0 Å². The SMILES string of the molecule is CC#CC#CC#C/C=C(/OC)C(N)=O. The number of amides is 1. The first-order chi connectivity index (χ1) is 6.72. The molecule has 0 aliphatic heterocycles. The van der Waals surface area contributed by atoms with E-state index in [4.69, 9.17) is 5.73 Å². The van der Waals surface area contributed by atoms with E-state index in [1.54, 1.807) is 6.92 Å². The van der Waals surface area contributed by atoms with Crippen LogP contribution in [0.4, 0.5) is 0 Å². The summed E-state index contributed by atoms with van der Waals surface area (Å²) in [6, 6.07) is 0. The van der Waals surface area contributed by atoms with E-state index in [0.717, 1.165) is 0 Å². The Kier molecular flexibility index (Phi) is 6.13. The summed E-state index contributed by atoms with van der Waals surface area (Å²) in [7, 11) is 1.34. The molecule has 3 nitrogen and oxygen atoms in total. The van der Waals surface area contributed by atoms with Crippen molar-refractivity contribution in [2.24, 2.45) is 5.73 Å². The van der Waals surface area contributed by atoms with Crippen LogP contribution in [-0.2, 0) is 9.53 Å². The van der Waals surface area contributed by atoms with Crippen molar-refractivity contribution in [3.63, 3.8) is 0 Å². The van der Waals surface area contributed by atoms with Gasteiger partial charge in [-0.3, -0.25) is 4.79 Å². The largest absolute Gasteiger partial charge is 0.491 e. The van der Waals surface area contributed by atoms with Crippen molar-refractivity contribution in [3.05, 3.63) is 11.8 Å². The lowest BCUT2D eigenvalue weighted by Crippen LogP contribution is -2.14. The van der Waals surface area contributed by atoms with Gasteiger partial charge in [-0.05, 0) is 30.6 Å². The van der Waals surface area contributed by atoms with E-state index < -0.39 is 5.91 Å². The summed E-state index contributed by atoms with van der Waals surface area (Å²) in [5, 5.41) is 0. The number of hydrogen-bond donors (Lipinski definition) is 1. The Morgan fingerprint density at radius 3 is 2.43 bits per heavy atom. The molecule has 0 saturated carbocycles. The van der Waals surface area contributed by atoms with E-state index in [1.807, 2.05) is 0 Å². The Bertz CT molecular complexity index is 413. The van der Waals surface area contributed by atoms with Crippen molar-refractivity contribution in [2.75, 3.05) is 7.11 Å². The van der Waals surface area contributed by atoms with Crippen LogP contribution >= 0.6 is 0 Å². The Morgan fingerprint density at radius 1 is 1.29 bits per heavy atom. The normalized spacial score (nSPS) is 8.00. The monoisotopic (exact) mass is 187 g/mol. The van der Waals surface area contributed by atoms with Gasteiger partial charge in [-0.15, -0.1) is 0 Å². The third-order valence-corrected chi connectivity index (χ3v) is 1.05. The molecule has 0 unspecified atom stereocenters. The van der Waals surface area contributed by atoms with Crippen LogP contribution in [0.1, 0.15) is 6.92 Å². The lowest BCUT2D eigenvalue weighted by molar-refractivity contribution is -0.117. The molecular weight excluding hydrogens is 178 g/mol. The van der Waals surface area contributed by atoms with E-state index >= 15 is 0 Å². The van der Waals surface area contributed by atoms with Crippen molar-refractivity contribution in [2.45, 2.75) is 6.92 Å². The fourth-order valence-electron chi connectivity index (χ4n) is 0.493. The molecule has 0 aliphatic carbocycles. The fourth-order valence-corrected chi connectivity index (χ4v) is 0.493. The smallest absolute Gasteiger partial charge is 0.284 e. The fraction of sp³-hybridized carbons (Fsp3) is 0.182. The zero-order valence-electron chi connectivity index (χ0n) is 7.97. The minimum absolute atomic E-state index is 0.000811. The van der Waals surface area contributed by atoms with Gasteiger partial charge in [-0.1, -0.05) is 11.8 Å². The highest BCUT2D eigenvalue weighted by atomic mass is 16.5. The van der Waals surface area contributed by atoms with Crippen molar-refractivity contribution in [3.8, 4) is 35.5 Å².